The monoisotopic (exact) mass is 401 g/mol. The van der Waals surface area contributed by atoms with Crippen LogP contribution in [0.25, 0.3) is 10.9 Å². The third-order valence-corrected chi connectivity index (χ3v) is 6.91. The van der Waals surface area contributed by atoms with Gasteiger partial charge in [-0.3, -0.25) is 9.59 Å². The van der Waals surface area contributed by atoms with Crippen LogP contribution < -0.4 is 0 Å². The predicted octanol–water partition coefficient (Wildman–Crippen LogP) is 2.94. The van der Waals surface area contributed by atoms with E-state index in [4.69, 9.17) is 4.74 Å². The van der Waals surface area contributed by atoms with Gasteiger partial charge in [-0.25, -0.2) is 0 Å². The van der Waals surface area contributed by atoms with Crippen LogP contribution in [0.15, 0.2) is 66.9 Å². The van der Waals surface area contributed by atoms with Gasteiger partial charge in [0, 0.05) is 24.7 Å². The van der Waals surface area contributed by atoms with Gasteiger partial charge in [0.15, 0.2) is 5.72 Å². The first-order valence-corrected chi connectivity index (χ1v) is 10.5. The molecule has 3 fully saturated rings. The molecule has 6 heteroatoms. The summed E-state index contributed by atoms with van der Waals surface area (Å²) < 4.78 is 8.53. The highest BCUT2D eigenvalue weighted by Crippen LogP contribution is 2.50. The van der Waals surface area contributed by atoms with E-state index in [1.54, 1.807) is 0 Å². The summed E-state index contributed by atoms with van der Waals surface area (Å²) in [6.07, 6.45) is 2.84. The summed E-state index contributed by atoms with van der Waals surface area (Å²) in [7, 11) is 0. The number of para-hydroxylation sites is 1. The van der Waals surface area contributed by atoms with Gasteiger partial charge in [-0.2, -0.15) is 0 Å². The Morgan fingerprint density at radius 1 is 1.07 bits per heavy atom. The molecule has 4 heterocycles. The Kier molecular flexibility index (Phi) is 3.80. The SMILES string of the molecule is O=C(Cn1ccc2ccccc21)N1CC[C@@]23O[C@@H](c4ccccc4)CN2C(=O)C[C@@H]13. The van der Waals surface area contributed by atoms with E-state index in [2.05, 4.69) is 0 Å². The van der Waals surface area contributed by atoms with E-state index in [0.717, 1.165) is 16.5 Å². The molecule has 0 N–H and O–H groups in total. The number of likely N-dealkylation sites (tertiary alicyclic amines) is 1. The first kappa shape index (κ1) is 17.7. The molecule has 3 atom stereocenters. The summed E-state index contributed by atoms with van der Waals surface area (Å²) in [5.74, 6) is 0.127. The first-order chi connectivity index (χ1) is 14.7. The number of hydrogen-bond donors (Lipinski definition) is 0. The number of rotatable bonds is 3. The minimum atomic E-state index is -0.675. The topological polar surface area (TPSA) is 54.8 Å². The second-order valence-corrected chi connectivity index (χ2v) is 8.43. The average Bonchev–Trinajstić information content (AvgIpc) is 3.50. The van der Waals surface area contributed by atoms with Crippen LogP contribution in [0.5, 0.6) is 0 Å². The number of fused-ring (bicyclic) bond motifs is 1. The molecule has 30 heavy (non-hydrogen) atoms. The van der Waals surface area contributed by atoms with Crippen LogP contribution in [-0.4, -0.2) is 51.0 Å². The maximum Gasteiger partial charge on any atom is 0.242 e. The highest BCUT2D eigenvalue weighted by Gasteiger charge is 2.64. The fraction of sp³-hybridized carbons (Fsp3) is 0.333. The maximum atomic E-state index is 13.3. The van der Waals surface area contributed by atoms with Crippen LogP contribution in [0.4, 0.5) is 0 Å². The van der Waals surface area contributed by atoms with E-state index < -0.39 is 5.72 Å². The van der Waals surface area contributed by atoms with E-state index >= 15 is 0 Å². The third kappa shape index (κ3) is 2.46. The molecule has 0 aliphatic carbocycles. The molecule has 6 rings (SSSR count). The van der Waals surface area contributed by atoms with Crippen LogP contribution in [0.2, 0.25) is 0 Å². The van der Waals surface area contributed by atoms with Crippen molar-refractivity contribution in [1.29, 1.82) is 0 Å². The molecule has 3 aromatic rings. The lowest BCUT2D eigenvalue weighted by molar-refractivity contribution is -0.143. The minimum absolute atomic E-state index is 0.0413. The van der Waals surface area contributed by atoms with E-state index in [9.17, 15) is 9.59 Å². The average molecular weight is 401 g/mol. The molecule has 0 saturated carbocycles. The number of aromatic nitrogens is 1. The number of benzene rings is 2. The van der Waals surface area contributed by atoms with Crippen molar-refractivity contribution in [3.63, 3.8) is 0 Å². The minimum Gasteiger partial charge on any atom is -0.343 e. The molecule has 2 aromatic carbocycles. The Hall–Kier alpha value is -3.12. The summed E-state index contributed by atoms with van der Waals surface area (Å²) >= 11 is 0. The van der Waals surface area contributed by atoms with E-state index in [1.165, 1.54) is 0 Å². The lowest BCUT2D eigenvalue weighted by Gasteiger charge is -2.32. The lowest BCUT2D eigenvalue weighted by atomic mass is 10.1. The maximum absolute atomic E-state index is 13.3. The van der Waals surface area contributed by atoms with E-state index in [-0.39, 0.29) is 30.5 Å². The van der Waals surface area contributed by atoms with Gasteiger partial charge in [0.2, 0.25) is 11.8 Å². The van der Waals surface area contributed by atoms with Crippen molar-refractivity contribution in [1.82, 2.24) is 14.4 Å². The molecule has 0 unspecified atom stereocenters. The van der Waals surface area contributed by atoms with E-state index in [0.29, 0.717) is 25.9 Å². The highest BCUT2D eigenvalue weighted by molar-refractivity contribution is 5.86. The molecule has 1 spiro atoms. The number of ether oxygens (including phenoxy) is 1. The Balaban J connectivity index is 1.26. The smallest absolute Gasteiger partial charge is 0.242 e. The molecule has 3 aliphatic heterocycles. The molecule has 3 saturated heterocycles. The van der Waals surface area contributed by atoms with Gasteiger partial charge in [-0.05, 0) is 23.1 Å². The summed E-state index contributed by atoms with van der Waals surface area (Å²) in [6, 6.07) is 19.9. The Morgan fingerprint density at radius 2 is 1.87 bits per heavy atom. The van der Waals surface area contributed by atoms with Gasteiger partial charge in [0.25, 0.3) is 0 Å². The van der Waals surface area contributed by atoms with Crippen LogP contribution in [0.3, 0.4) is 0 Å². The Bertz CT molecular complexity index is 1140. The molecule has 3 aliphatic rings. The van der Waals surface area contributed by atoms with Gasteiger partial charge in [0.1, 0.15) is 12.6 Å². The van der Waals surface area contributed by atoms with Crippen molar-refractivity contribution in [2.45, 2.75) is 37.3 Å². The van der Waals surface area contributed by atoms with Crippen molar-refractivity contribution in [3.05, 3.63) is 72.4 Å². The summed E-state index contributed by atoms with van der Waals surface area (Å²) in [5.41, 5.74) is 1.45. The molecular weight excluding hydrogens is 378 g/mol. The van der Waals surface area contributed by atoms with Gasteiger partial charge >= 0.3 is 0 Å². The van der Waals surface area contributed by atoms with Crippen molar-refractivity contribution in [2.75, 3.05) is 13.1 Å². The first-order valence-electron chi connectivity index (χ1n) is 10.5. The molecule has 2 amide bonds. The fourth-order valence-corrected chi connectivity index (χ4v) is 5.48. The summed E-state index contributed by atoms with van der Waals surface area (Å²) in [5, 5.41) is 1.12. The number of carbonyl (C=O) groups excluding carboxylic acids is 2. The number of hydrogen-bond acceptors (Lipinski definition) is 3. The van der Waals surface area contributed by atoms with Gasteiger partial charge in [-0.1, -0.05) is 48.5 Å². The van der Waals surface area contributed by atoms with Crippen molar-refractivity contribution < 1.29 is 14.3 Å². The summed E-state index contributed by atoms with van der Waals surface area (Å²) in [4.78, 5) is 29.8. The largest absolute Gasteiger partial charge is 0.343 e. The molecule has 6 nitrogen and oxygen atoms in total. The van der Waals surface area contributed by atoms with Crippen LogP contribution in [-0.2, 0) is 20.9 Å². The molecular formula is C24H23N3O3. The quantitative estimate of drug-likeness (QED) is 0.678. The summed E-state index contributed by atoms with van der Waals surface area (Å²) in [6.45, 7) is 1.45. The Morgan fingerprint density at radius 3 is 2.73 bits per heavy atom. The second-order valence-electron chi connectivity index (χ2n) is 8.43. The van der Waals surface area contributed by atoms with Gasteiger partial charge in [-0.15, -0.1) is 0 Å². The zero-order valence-electron chi connectivity index (χ0n) is 16.6. The van der Waals surface area contributed by atoms with Crippen LogP contribution in [0.1, 0.15) is 24.5 Å². The molecule has 152 valence electrons. The molecule has 0 bridgehead atoms. The van der Waals surface area contributed by atoms with E-state index in [1.807, 2.05) is 81.2 Å². The lowest BCUT2D eigenvalue weighted by Crippen LogP contribution is -2.49. The zero-order chi connectivity index (χ0) is 20.3. The normalized spacial score (nSPS) is 27.7. The second kappa shape index (κ2) is 6.44. The Labute approximate surface area is 174 Å². The van der Waals surface area contributed by atoms with Crippen molar-refractivity contribution in [3.8, 4) is 0 Å². The molecule has 0 radical (unpaired) electrons. The zero-order valence-corrected chi connectivity index (χ0v) is 16.6. The van der Waals surface area contributed by atoms with Crippen molar-refractivity contribution >= 4 is 22.7 Å². The number of nitrogens with zero attached hydrogens (tertiary/aromatic N) is 3. The van der Waals surface area contributed by atoms with Gasteiger partial charge < -0.3 is 19.1 Å². The molecule has 1 aromatic heterocycles. The number of amides is 2. The van der Waals surface area contributed by atoms with Crippen LogP contribution >= 0.6 is 0 Å². The van der Waals surface area contributed by atoms with Crippen LogP contribution in [0, 0.1) is 0 Å². The highest BCUT2D eigenvalue weighted by atomic mass is 16.5. The third-order valence-electron chi connectivity index (χ3n) is 6.91. The standard InChI is InChI=1S/C24H23N3O3/c28-22-14-21-24(27(22)15-20(30-24)18-7-2-1-3-8-18)11-13-26(21)23(29)16-25-12-10-17-6-4-5-9-19(17)25/h1-10,12,20-21H,11,13-16H2/t20-,21-,24+/m1/s1. The number of carbonyl (C=O) groups is 2. The van der Waals surface area contributed by atoms with Crippen molar-refractivity contribution in [2.24, 2.45) is 0 Å². The predicted molar refractivity (Wildman–Crippen MR) is 111 cm³/mol. The van der Waals surface area contributed by atoms with Gasteiger partial charge in [0.05, 0.1) is 19.0 Å². The fourth-order valence-electron chi connectivity index (χ4n) is 5.48.